The highest BCUT2D eigenvalue weighted by Crippen LogP contribution is 2.28. The van der Waals surface area contributed by atoms with Crippen molar-refractivity contribution in [2.24, 2.45) is 0 Å². The Hall–Kier alpha value is -1.54. The summed E-state index contributed by atoms with van der Waals surface area (Å²) < 4.78 is 0. The predicted molar refractivity (Wildman–Crippen MR) is 94.7 cm³/mol. The zero-order valence-electron chi connectivity index (χ0n) is 13.9. The summed E-state index contributed by atoms with van der Waals surface area (Å²) in [6.07, 6.45) is 4.04. The molecule has 1 aliphatic heterocycles. The van der Waals surface area contributed by atoms with E-state index in [4.69, 9.17) is 5.11 Å². The lowest BCUT2D eigenvalue weighted by atomic mass is 10.1. The van der Waals surface area contributed by atoms with Gasteiger partial charge in [0.2, 0.25) is 5.91 Å². The number of likely N-dealkylation sites (tertiary alicyclic amines) is 1. The number of carbonyl (C=O) groups excluding carboxylic acids is 2. The van der Waals surface area contributed by atoms with E-state index in [0.717, 1.165) is 22.6 Å². The molecule has 1 unspecified atom stereocenters. The lowest BCUT2D eigenvalue weighted by Crippen LogP contribution is -2.43. The highest BCUT2D eigenvalue weighted by Gasteiger charge is 2.28. The van der Waals surface area contributed by atoms with Crippen LogP contribution in [0.4, 0.5) is 0 Å². The summed E-state index contributed by atoms with van der Waals surface area (Å²) in [5.41, 5.74) is 0. The quantitative estimate of drug-likeness (QED) is 0.805. The number of nitrogens with zero attached hydrogens (tertiary/aromatic N) is 2. The Morgan fingerprint density at radius 3 is 2.75 bits per heavy atom. The molecule has 8 heteroatoms. The number of rotatable bonds is 5. The highest BCUT2D eigenvalue weighted by atomic mass is 32.2. The number of carboxylic acids is 1. The zero-order chi connectivity index (χ0) is 17.7. The molecular formula is C16H22N2O4S2. The van der Waals surface area contributed by atoms with E-state index in [1.54, 1.807) is 11.8 Å². The Morgan fingerprint density at radius 2 is 2.12 bits per heavy atom. The largest absolute Gasteiger partial charge is 0.480 e. The molecule has 0 aromatic carbocycles. The van der Waals surface area contributed by atoms with Crippen molar-refractivity contribution in [3.8, 4) is 0 Å². The summed E-state index contributed by atoms with van der Waals surface area (Å²) >= 11 is 3.01. The van der Waals surface area contributed by atoms with Crippen molar-refractivity contribution in [3.05, 3.63) is 16.3 Å². The molecule has 0 aliphatic carbocycles. The summed E-state index contributed by atoms with van der Waals surface area (Å²) in [7, 11) is 0. The van der Waals surface area contributed by atoms with Crippen LogP contribution in [0.5, 0.6) is 0 Å². The zero-order valence-corrected chi connectivity index (χ0v) is 15.5. The van der Waals surface area contributed by atoms with Gasteiger partial charge in [-0.05, 0) is 37.0 Å². The van der Waals surface area contributed by atoms with Crippen LogP contribution in [0.1, 0.15) is 35.9 Å². The third-order valence-electron chi connectivity index (χ3n) is 4.18. The van der Waals surface area contributed by atoms with Gasteiger partial charge in [0.1, 0.15) is 11.4 Å². The average Bonchev–Trinajstić information content (AvgIpc) is 2.88. The van der Waals surface area contributed by atoms with E-state index in [0.29, 0.717) is 19.5 Å². The molecule has 1 aliphatic rings. The molecule has 0 saturated carbocycles. The van der Waals surface area contributed by atoms with E-state index in [2.05, 4.69) is 0 Å². The molecule has 2 heterocycles. The van der Waals surface area contributed by atoms with E-state index >= 15 is 0 Å². The van der Waals surface area contributed by atoms with Crippen molar-refractivity contribution in [3.63, 3.8) is 0 Å². The van der Waals surface area contributed by atoms with E-state index < -0.39 is 5.97 Å². The van der Waals surface area contributed by atoms with Crippen molar-refractivity contribution < 1.29 is 19.5 Å². The van der Waals surface area contributed by atoms with Gasteiger partial charge in [-0.15, -0.1) is 23.1 Å². The number of aliphatic carboxylic acids is 1. The number of carboxylic acid groups (broad SMARTS) is 1. The van der Waals surface area contributed by atoms with Crippen LogP contribution in [-0.2, 0) is 9.59 Å². The smallest absolute Gasteiger partial charge is 0.323 e. The predicted octanol–water partition coefficient (Wildman–Crippen LogP) is 2.40. The second-order valence-corrected chi connectivity index (χ2v) is 7.50. The maximum absolute atomic E-state index is 12.7. The fourth-order valence-corrected chi connectivity index (χ4v) is 4.71. The third kappa shape index (κ3) is 4.51. The monoisotopic (exact) mass is 370 g/mol. The van der Waals surface area contributed by atoms with Crippen LogP contribution in [0.25, 0.3) is 0 Å². The number of hydrogen-bond acceptors (Lipinski definition) is 5. The normalized spacial score (nSPS) is 18.1. The third-order valence-corrected chi connectivity index (χ3v) is 5.99. The number of hydrogen-bond donors (Lipinski definition) is 1. The first-order chi connectivity index (χ1) is 11.4. The second kappa shape index (κ2) is 8.53. The van der Waals surface area contributed by atoms with Gasteiger partial charge in [0, 0.05) is 31.0 Å². The lowest BCUT2D eigenvalue weighted by Gasteiger charge is -2.28. The molecule has 0 radical (unpaired) electrons. The number of carbonyl (C=O) groups is 3. The van der Waals surface area contributed by atoms with Crippen LogP contribution >= 0.6 is 23.1 Å². The molecule has 1 aromatic heterocycles. The fraction of sp³-hybridized carbons (Fsp3) is 0.562. The van der Waals surface area contributed by atoms with Crippen molar-refractivity contribution in [2.45, 2.75) is 37.1 Å². The Bertz CT molecular complexity index is 617. The lowest BCUT2D eigenvalue weighted by molar-refractivity contribution is -0.145. The van der Waals surface area contributed by atoms with Crippen LogP contribution in [0.2, 0.25) is 0 Å². The van der Waals surface area contributed by atoms with E-state index in [1.165, 1.54) is 23.2 Å². The molecular weight excluding hydrogens is 348 g/mol. The van der Waals surface area contributed by atoms with Crippen LogP contribution in [-0.4, -0.2) is 64.6 Å². The van der Waals surface area contributed by atoms with Gasteiger partial charge in [-0.3, -0.25) is 14.4 Å². The van der Waals surface area contributed by atoms with Gasteiger partial charge >= 0.3 is 5.97 Å². The topological polar surface area (TPSA) is 77.9 Å². The maximum atomic E-state index is 12.7. The van der Waals surface area contributed by atoms with Crippen LogP contribution < -0.4 is 0 Å². The molecule has 1 N–H and O–H groups in total. The van der Waals surface area contributed by atoms with Gasteiger partial charge in [0.25, 0.3) is 5.91 Å². The average molecular weight is 370 g/mol. The molecule has 1 atom stereocenters. The minimum atomic E-state index is -1.01. The van der Waals surface area contributed by atoms with Crippen LogP contribution in [0.3, 0.4) is 0 Å². The van der Waals surface area contributed by atoms with E-state index in [-0.39, 0.29) is 24.4 Å². The summed E-state index contributed by atoms with van der Waals surface area (Å²) in [6.45, 7) is 2.29. The standard InChI is InChI=1S/C16H22N2O4S2/c1-11(19)18(10-14(20)21)12-4-3-7-17(8-5-12)16(22)15-13(23-2)6-9-24-15/h6,9,12H,3-5,7-8,10H2,1-2H3,(H,20,21). The summed E-state index contributed by atoms with van der Waals surface area (Å²) in [5, 5.41) is 10.9. The highest BCUT2D eigenvalue weighted by molar-refractivity contribution is 7.98. The van der Waals surface area contributed by atoms with Gasteiger partial charge in [-0.1, -0.05) is 0 Å². The molecule has 1 saturated heterocycles. The first-order valence-corrected chi connectivity index (χ1v) is 9.94. The van der Waals surface area contributed by atoms with Crippen molar-refractivity contribution in [1.29, 1.82) is 0 Å². The van der Waals surface area contributed by atoms with Crippen LogP contribution in [0.15, 0.2) is 16.3 Å². The van der Waals surface area contributed by atoms with E-state index in [9.17, 15) is 14.4 Å². The molecule has 0 bridgehead atoms. The molecule has 0 spiro atoms. The molecule has 1 fully saturated rings. The summed E-state index contributed by atoms with van der Waals surface area (Å²) in [4.78, 5) is 40.5. The minimum absolute atomic E-state index is 0.0302. The Morgan fingerprint density at radius 1 is 1.38 bits per heavy atom. The number of thiophene rings is 1. The second-order valence-electron chi connectivity index (χ2n) is 5.74. The number of thioether (sulfide) groups is 1. The van der Waals surface area contributed by atoms with Gasteiger partial charge in [-0.25, -0.2) is 0 Å². The molecule has 2 amide bonds. The van der Waals surface area contributed by atoms with Crippen molar-refractivity contribution in [2.75, 3.05) is 25.9 Å². The van der Waals surface area contributed by atoms with Gasteiger partial charge < -0.3 is 14.9 Å². The van der Waals surface area contributed by atoms with Gasteiger partial charge in [-0.2, -0.15) is 0 Å². The molecule has 1 aromatic rings. The van der Waals surface area contributed by atoms with E-state index in [1.807, 2.05) is 22.6 Å². The SMILES string of the molecule is CSc1ccsc1C(=O)N1CCCC(N(CC(=O)O)C(C)=O)CC1. The summed E-state index contributed by atoms with van der Waals surface area (Å²) in [6, 6.07) is 1.83. The fourth-order valence-electron chi connectivity index (χ4n) is 2.99. The van der Waals surface area contributed by atoms with Gasteiger partial charge in [0.15, 0.2) is 0 Å². The van der Waals surface area contributed by atoms with Crippen molar-refractivity contribution >= 4 is 40.9 Å². The Labute approximate surface area is 149 Å². The first kappa shape index (κ1) is 18.8. The molecule has 24 heavy (non-hydrogen) atoms. The minimum Gasteiger partial charge on any atom is -0.480 e. The molecule has 132 valence electrons. The molecule has 2 rings (SSSR count). The first-order valence-electron chi connectivity index (χ1n) is 7.83. The maximum Gasteiger partial charge on any atom is 0.323 e. The number of amides is 2. The summed E-state index contributed by atoms with van der Waals surface area (Å²) in [5.74, 6) is -1.21. The Balaban J connectivity index is 2.05. The van der Waals surface area contributed by atoms with Crippen molar-refractivity contribution in [1.82, 2.24) is 9.80 Å². The Kier molecular flexibility index (Phi) is 6.68. The molecule has 6 nitrogen and oxygen atoms in total. The van der Waals surface area contributed by atoms with Crippen LogP contribution in [0, 0.1) is 0 Å². The van der Waals surface area contributed by atoms with Gasteiger partial charge in [0.05, 0.1) is 0 Å².